The molecule has 28 heavy (non-hydrogen) atoms. The number of hydrogen-bond donors (Lipinski definition) is 1. The summed E-state index contributed by atoms with van der Waals surface area (Å²) in [6.07, 6.45) is 1.62. The molecule has 2 aromatic rings. The molecule has 0 aliphatic carbocycles. The normalized spacial score (nSPS) is 16.5. The molecule has 0 spiro atoms. The van der Waals surface area contributed by atoms with E-state index in [1.807, 2.05) is 38.1 Å². The Morgan fingerprint density at radius 3 is 2.75 bits per heavy atom. The van der Waals surface area contributed by atoms with Crippen LogP contribution in [-0.2, 0) is 25.7 Å². The summed E-state index contributed by atoms with van der Waals surface area (Å²) in [7, 11) is 0. The Kier molecular flexibility index (Phi) is 6.13. The number of amides is 2. The van der Waals surface area contributed by atoms with Crippen LogP contribution in [0.25, 0.3) is 0 Å². The molecule has 1 N–H and O–H groups in total. The van der Waals surface area contributed by atoms with E-state index in [0.717, 1.165) is 5.56 Å². The summed E-state index contributed by atoms with van der Waals surface area (Å²) in [5.74, 6) is -0.734. The first-order valence-electron chi connectivity index (χ1n) is 9.29. The Bertz CT molecular complexity index is 844. The van der Waals surface area contributed by atoms with Crippen LogP contribution in [0.3, 0.4) is 0 Å². The summed E-state index contributed by atoms with van der Waals surface area (Å²) in [5, 5.41) is 2.78. The molecule has 1 aromatic carbocycles. The Morgan fingerprint density at radius 2 is 2.04 bits per heavy atom. The summed E-state index contributed by atoms with van der Waals surface area (Å²) in [4.78, 5) is 38.1. The van der Waals surface area contributed by atoms with Crippen LogP contribution in [0.2, 0.25) is 0 Å². The number of rotatable bonds is 7. The number of esters is 1. The van der Waals surface area contributed by atoms with E-state index in [0.29, 0.717) is 18.0 Å². The minimum Gasteiger partial charge on any atom is -0.467 e. The second-order valence-corrected chi connectivity index (χ2v) is 7.15. The highest BCUT2D eigenvalue weighted by molar-refractivity contribution is 5.94. The average molecular weight is 384 g/mol. The fourth-order valence-electron chi connectivity index (χ4n) is 3.23. The molecule has 7 nitrogen and oxygen atoms in total. The highest BCUT2D eigenvalue weighted by Gasteiger charge is 2.35. The lowest BCUT2D eigenvalue weighted by Crippen LogP contribution is -2.28. The maximum atomic E-state index is 12.3. The quantitative estimate of drug-likeness (QED) is 0.742. The molecule has 148 valence electrons. The summed E-state index contributed by atoms with van der Waals surface area (Å²) >= 11 is 0. The standard InChI is InChI=1S/C21H24N2O5/c1-14(2)17-7-3-4-8-18(17)22-19(24)13-28-21(26)15-10-20(25)23(11-15)12-16-6-5-9-27-16/h3-9,14-15H,10-13H2,1-2H3,(H,22,24)/t15-/m1/s1. The van der Waals surface area contributed by atoms with Crippen molar-refractivity contribution < 1.29 is 23.5 Å². The van der Waals surface area contributed by atoms with Crippen LogP contribution in [0.15, 0.2) is 47.1 Å². The zero-order chi connectivity index (χ0) is 20.1. The third-order valence-electron chi connectivity index (χ3n) is 4.68. The zero-order valence-corrected chi connectivity index (χ0v) is 16.0. The second kappa shape index (κ2) is 8.73. The van der Waals surface area contributed by atoms with E-state index in [1.54, 1.807) is 17.0 Å². The van der Waals surface area contributed by atoms with Crippen LogP contribution < -0.4 is 5.32 Å². The molecular formula is C21H24N2O5. The minimum atomic E-state index is -0.571. The fourth-order valence-corrected chi connectivity index (χ4v) is 3.23. The maximum Gasteiger partial charge on any atom is 0.311 e. The van der Waals surface area contributed by atoms with E-state index in [4.69, 9.17) is 9.15 Å². The molecule has 1 aliphatic heterocycles. The number of likely N-dealkylation sites (tertiary alicyclic amines) is 1. The van der Waals surface area contributed by atoms with Crippen molar-refractivity contribution in [2.75, 3.05) is 18.5 Å². The molecule has 0 unspecified atom stereocenters. The van der Waals surface area contributed by atoms with Crippen molar-refractivity contribution in [3.63, 3.8) is 0 Å². The fraction of sp³-hybridized carbons (Fsp3) is 0.381. The first-order valence-corrected chi connectivity index (χ1v) is 9.29. The van der Waals surface area contributed by atoms with E-state index in [2.05, 4.69) is 5.32 Å². The molecule has 2 amide bonds. The van der Waals surface area contributed by atoms with Crippen molar-refractivity contribution in [2.45, 2.75) is 32.7 Å². The zero-order valence-electron chi connectivity index (χ0n) is 16.0. The lowest BCUT2D eigenvalue weighted by Gasteiger charge is -2.15. The first kappa shape index (κ1) is 19.7. The predicted molar refractivity (Wildman–Crippen MR) is 102 cm³/mol. The van der Waals surface area contributed by atoms with Gasteiger partial charge in [0.15, 0.2) is 6.61 Å². The number of carbonyl (C=O) groups is 3. The molecule has 0 saturated carbocycles. The van der Waals surface area contributed by atoms with Gasteiger partial charge < -0.3 is 19.4 Å². The number of carbonyl (C=O) groups excluding carboxylic acids is 3. The molecule has 0 bridgehead atoms. The van der Waals surface area contributed by atoms with Gasteiger partial charge in [0, 0.05) is 18.7 Å². The number of anilines is 1. The Labute approximate surface area is 163 Å². The van der Waals surface area contributed by atoms with E-state index in [9.17, 15) is 14.4 Å². The van der Waals surface area contributed by atoms with Crippen LogP contribution in [0, 0.1) is 5.92 Å². The smallest absolute Gasteiger partial charge is 0.311 e. The van der Waals surface area contributed by atoms with Crippen LogP contribution in [0.4, 0.5) is 5.69 Å². The van der Waals surface area contributed by atoms with Crippen molar-refractivity contribution >= 4 is 23.5 Å². The molecule has 3 rings (SSSR count). The van der Waals surface area contributed by atoms with Gasteiger partial charge in [0.25, 0.3) is 5.91 Å². The Morgan fingerprint density at radius 1 is 1.25 bits per heavy atom. The molecule has 7 heteroatoms. The molecule has 1 fully saturated rings. The van der Waals surface area contributed by atoms with Gasteiger partial charge in [0.2, 0.25) is 5.91 Å². The van der Waals surface area contributed by atoms with E-state index < -0.39 is 17.8 Å². The number of hydrogen-bond acceptors (Lipinski definition) is 5. The molecule has 0 radical (unpaired) electrons. The molecular weight excluding hydrogens is 360 g/mol. The average Bonchev–Trinajstić information content (AvgIpc) is 3.30. The maximum absolute atomic E-state index is 12.3. The number of nitrogens with one attached hydrogen (secondary N) is 1. The van der Waals surface area contributed by atoms with Crippen molar-refractivity contribution in [3.05, 3.63) is 54.0 Å². The van der Waals surface area contributed by atoms with Gasteiger partial charge in [-0.25, -0.2) is 0 Å². The minimum absolute atomic E-state index is 0.0807. The van der Waals surface area contributed by atoms with Gasteiger partial charge >= 0.3 is 5.97 Å². The number of benzene rings is 1. The summed E-state index contributed by atoms with van der Waals surface area (Å²) in [5.41, 5.74) is 1.72. The Balaban J connectivity index is 1.49. The predicted octanol–water partition coefficient (Wildman–Crippen LogP) is 2.93. The Hall–Kier alpha value is -3.09. The van der Waals surface area contributed by atoms with Gasteiger partial charge in [-0.1, -0.05) is 32.0 Å². The molecule has 1 saturated heterocycles. The monoisotopic (exact) mass is 384 g/mol. The molecule has 1 aliphatic rings. The SMILES string of the molecule is CC(C)c1ccccc1NC(=O)COC(=O)[C@@H]1CC(=O)N(Cc2ccco2)C1. The lowest BCUT2D eigenvalue weighted by molar-refractivity contribution is -0.151. The number of ether oxygens (including phenoxy) is 1. The van der Waals surface area contributed by atoms with Crippen molar-refractivity contribution in [1.29, 1.82) is 0 Å². The van der Waals surface area contributed by atoms with Crippen molar-refractivity contribution in [3.8, 4) is 0 Å². The number of nitrogens with zero attached hydrogens (tertiary/aromatic N) is 1. The summed E-state index contributed by atoms with van der Waals surface area (Å²) < 4.78 is 10.4. The van der Waals surface area contributed by atoms with Gasteiger partial charge in [0.1, 0.15) is 5.76 Å². The lowest BCUT2D eigenvalue weighted by atomic mass is 10.0. The van der Waals surface area contributed by atoms with E-state index in [-0.39, 0.29) is 31.4 Å². The third-order valence-corrected chi connectivity index (χ3v) is 4.68. The number of para-hydroxylation sites is 1. The van der Waals surface area contributed by atoms with Gasteiger partial charge in [-0.05, 0) is 29.7 Å². The van der Waals surface area contributed by atoms with Crippen LogP contribution >= 0.6 is 0 Å². The van der Waals surface area contributed by atoms with Crippen molar-refractivity contribution in [1.82, 2.24) is 4.90 Å². The third kappa shape index (κ3) is 4.79. The number of furan rings is 1. The van der Waals surface area contributed by atoms with E-state index >= 15 is 0 Å². The van der Waals surface area contributed by atoms with Gasteiger partial charge in [-0.2, -0.15) is 0 Å². The van der Waals surface area contributed by atoms with E-state index in [1.165, 1.54) is 6.26 Å². The van der Waals surface area contributed by atoms with Gasteiger partial charge in [0.05, 0.1) is 18.7 Å². The highest BCUT2D eigenvalue weighted by atomic mass is 16.5. The molecule has 2 heterocycles. The van der Waals surface area contributed by atoms with Crippen molar-refractivity contribution in [2.24, 2.45) is 5.92 Å². The van der Waals surface area contributed by atoms with Crippen LogP contribution in [0.1, 0.15) is 37.5 Å². The highest BCUT2D eigenvalue weighted by Crippen LogP contribution is 2.24. The topological polar surface area (TPSA) is 88.8 Å². The molecule has 1 atom stereocenters. The largest absolute Gasteiger partial charge is 0.467 e. The molecule has 1 aromatic heterocycles. The summed E-state index contributed by atoms with van der Waals surface area (Å²) in [6.45, 7) is 4.28. The first-order chi connectivity index (χ1) is 13.4. The second-order valence-electron chi connectivity index (χ2n) is 7.15. The summed E-state index contributed by atoms with van der Waals surface area (Å²) in [6, 6.07) is 11.0. The van der Waals surface area contributed by atoms with Crippen LogP contribution in [0.5, 0.6) is 0 Å². The van der Waals surface area contributed by atoms with Gasteiger partial charge in [-0.3, -0.25) is 14.4 Å². The van der Waals surface area contributed by atoms with Crippen LogP contribution in [-0.4, -0.2) is 35.8 Å². The van der Waals surface area contributed by atoms with Gasteiger partial charge in [-0.15, -0.1) is 0 Å².